The molecule has 0 atom stereocenters. The first-order chi connectivity index (χ1) is 13.0. The van der Waals surface area contributed by atoms with Crippen LogP contribution in [0.15, 0.2) is 46.5 Å². The minimum Gasteiger partial charge on any atom is -0.384 e. The van der Waals surface area contributed by atoms with E-state index in [0.717, 1.165) is 31.2 Å². The van der Waals surface area contributed by atoms with Crippen LogP contribution < -0.4 is 5.73 Å². The Balaban J connectivity index is 1.93. The summed E-state index contributed by atoms with van der Waals surface area (Å²) in [5.74, 6) is 0.253. The molecule has 4 rings (SSSR count). The lowest BCUT2D eigenvalue weighted by atomic mass is 10.1. The van der Waals surface area contributed by atoms with Crippen LogP contribution in [0.1, 0.15) is 50.1 Å². The van der Waals surface area contributed by atoms with Gasteiger partial charge in [0.15, 0.2) is 5.65 Å². The molecule has 0 aliphatic heterocycles. The van der Waals surface area contributed by atoms with Crippen molar-refractivity contribution < 1.29 is 8.42 Å². The van der Waals surface area contributed by atoms with Gasteiger partial charge in [-0.05, 0) is 31.9 Å². The lowest BCUT2D eigenvalue weighted by molar-refractivity contribution is 0.457. The zero-order valence-electron chi connectivity index (χ0n) is 15.4. The Bertz CT molecular complexity index is 1060. The second kappa shape index (κ2) is 6.96. The number of benzene rings is 1. The van der Waals surface area contributed by atoms with Crippen molar-refractivity contribution in [1.29, 1.82) is 0 Å². The standard InChI is InChI=1S/C20H24N4O2S/c1-14-8-10-16(11-9-14)27(25,26)18-17-20(23-13-12-22-17)24(19(18)21)15-6-4-2-3-5-7-15/h8-13,15H,2-7,21H2,1H3. The van der Waals surface area contributed by atoms with E-state index in [2.05, 4.69) is 9.97 Å². The van der Waals surface area contributed by atoms with E-state index in [4.69, 9.17) is 5.73 Å². The summed E-state index contributed by atoms with van der Waals surface area (Å²) in [6.45, 7) is 1.92. The fourth-order valence-electron chi connectivity index (χ4n) is 4.00. The predicted octanol–water partition coefficient (Wildman–Crippen LogP) is 4.05. The van der Waals surface area contributed by atoms with Crippen molar-refractivity contribution in [3.63, 3.8) is 0 Å². The maximum Gasteiger partial charge on any atom is 0.212 e. The van der Waals surface area contributed by atoms with Gasteiger partial charge in [0.05, 0.1) is 4.90 Å². The van der Waals surface area contributed by atoms with Crippen LogP contribution >= 0.6 is 0 Å². The Morgan fingerprint density at radius 1 is 1.00 bits per heavy atom. The van der Waals surface area contributed by atoms with Crippen LogP contribution in [-0.2, 0) is 9.84 Å². The molecular formula is C20H24N4O2S. The van der Waals surface area contributed by atoms with E-state index in [9.17, 15) is 8.42 Å². The summed E-state index contributed by atoms with van der Waals surface area (Å²) in [6.07, 6.45) is 9.72. The van der Waals surface area contributed by atoms with Crippen molar-refractivity contribution in [1.82, 2.24) is 14.5 Å². The number of anilines is 1. The molecule has 0 unspecified atom stereocenters. The molecule has 1 aromatic carbocycles. The normalized spacial score (nSPS) is 16.5. The van der Waals surface area contributed by atoms with Crippen molar-refractivity contribution in [3.05, 3.63) is 42.2 Å². The van der Waals surface area contributed by atoms with Gasteiger partial charge >= 0.3 is 0 Å². The quantitative estimate of drug-likeness (QED) is 0.688. The van der Waals surface area contributed by atoms with Gasteiger partial charge in [0, 0.05) is 18.4 Å². The van der Waals surface area contributed by atoms with Gasteiger partial charge in [0.1, 0.15) is 16.2 Å². The Morgan fingerprint density at radius 2 is 1.63 bits per heavy atom. The zero-order valence-corrected chi connectivity index (χ0v) is 16.2. The van der Waals surface area contributed by atoms with Gasteiger partial charge in [-0.2, -0.15) is 0 Å². The smallest absolute Gasteiger partial charge is 0.212 e. The number of fused-ring (bicyclic) bond motifs is 1. The van der Waals surface area contributed by atoms with Gasteiger partial charge in [-0.1, -0.05) is 43.4 Å². The number of nitrogens with two attached hydrogens (primary N) is 1. The molecule has 0 spiro atoms. The first kappa shape index (κ1) is 18.0. The van der Waals surface area contributed by atoms with Crippen LogP contribution in [0.25, 0.3) is 11.2 Å². The largest absolute Gasteiger partial charge is 0.384 e. The highest BCUT2D eigenvalue weighted by molar-refractivity contribution is 7.92. The topological polar surface area (TPSA) is 90.9 Å². The Kier molecular flexibility index (Phi) is 4.63. The lowest BCUT2D eigenvalue weighted by Crippen LogP contribution is -2.13. The summed E-state index contributed by atoms with van der Waals surface area (Å²) in [4.78, 5) is 9.10. The highest BCUT2D eigenvalue weighted by Crippen LogP contribution is 2.39. The molecule has 3 aromatic rings. The molecule has 6 nitrogen and oxygen atoms in total. The Morgan fingerprint density at radius 3 is 2.30 bits per heavy atom. The molecule has 27 heavy (non-hydrogen) atoms. The monoisotopic (exact) mass is 384 g/mol. The third kappa shape index (κ3) is 3.10. The molecule has 2 N–H and O–H groups in total. The molecule has 7 heteroatoms. The molecule has 0 amide bonds. The van der Waals surface area contributed by atoms with Crippen LogP contribution in [0.4, 0.5) is 5.82 Å². The summed E-state index contributed by atoms with van der Waals surface area (Å²) in [6, 6.07) is 6.98. The van der Waals surface area contributed by atoms with Gasteiger partial charge in [-0.15, -0.1) is 0 Å². The van der Waals surface area contributed by atoms with Crippen molar-refractivity contribution in [2.45, 2.75) is 61.3 Å². The summed E-state index contributed by atoms with van der Waals surface area (Å²) < 4.78 is 28.7. The average Bonchev–Trinajstić information content (AvgIpc) is 2.80. The third-order valence-electron chi connectivity index (χ3n) is 5.40. The fourth-order valence-corrected chi connectivity index (χ4v) is 5.50. The van der Waals surface area contributed by atoms with E-state index in [-0.39, 0.29) is 21.7 Å². The number of rotatable bonds is 3. The first-order valence-electron chi connectivity index (χ1n) is 9.42. The molecule has 142 valence electrons. The molecule has 1 fully saturated rings. The predicted molar refractivity (Wildman–Crippen MR) is 105 cm³/mol. The second-order valence-corrected chi connectivity index (χ2v) is 9.16. The molecule has 2 heterocycles. The SMILES string of the molecule is Cc1ccc(S(=O)(=O)c2c(N)n(C3CCCCCC3)c3nccnc23)cc1. The van der Waals surface area contributed by atoms with E-state index in [0.29, 0.717) is 11.2 Å². The highest BCUT2D eigenvalue weighted by Gasteiger charge is 2.31. The molecular weight excluding hydrogens is 360 g/mol. The van der Waals surface area contributed by atoms with E-state index in [1.165, 1.54) is 19.0 Å². The van der Waals surface area contributed by atoms with Crippen LogP contribution in [-0.4, -0.2) is 23.0 Å². The van der Waals surface area contributed by atoms with Crippen LogP contribution in [0.5, 0.6) is 0 Å². The molecule has 0 radical (unpaired) electrons. The number of hydrogen-bond acceptors (Lipinski definition) is 5. The molecule has 2 aromatic heterocycles. The van der Waals surface area contributed by atoms with E-state index in [1.54, 1.807) is 30.5 Å². The number of aryl methyl sites for hydroxylation is 1. The molecule has 1 aliphatic rings. The molecule has 1 saturated carbocycles. The minimum absolute atomic E-state index is 0.0821. The maximum atomic E-state index is 13.4. The van der Waals surface area contributed by atoms with Gasteiger partial charge in [-0.3, -0.25) is 0 Å². The minimum atomic E-state index is -3.79. The van der Waals surface area contributed by atoms with E-state index >= 15 is 0 Å². The van der Waals surface area contributed by atoms with Gasteiger partial charge in [0.25, 0.3) is 0 Å². The lowest BCUT2D eigenvalue weighted by Gasteiger charge is -2.19. The highest BCUT2D eigenvalue weighted by atomic mass is 32.2. The van der Waals surface area contributed by atoms with Crippen molar-refractivity contribution >= 4 is 26.8 Å². The van der Waals surface area contributed by atoms with Crippen molar-refractivity contribution in [3.8, 4) is 0 Å². The van der Waals surface area contributed by atoms with E-state index < -0.39 is 9.84 Å². The summed E-state index contributed by atoms with van der Waals surface area (Å²) in [5.41, 5.74) is 8.38. The van der Waals surface area contributed by atoms with Crippen molar-refractivity contribution in [2.24, 2.45) is 0 Å². The van der Waals surface area contributed by atoms with Gasteiger partial charge in [0.2, 0.25) is 9.84 Å². The fraction of sp³-hybridized carbons (Fsp3) is 0.400. The number of hydrogen-bond donors (Lipinski definition) is 1. The summed E-state index contributed by atoms with van der Waals surface area (Å²) in [5, 5.41) is 0. The third-order valence-corrected chi connectivity index (χ3v) is 7.24. The summed E-state index contributed by atoms with van der Waals surface area (Å²) in [7, 11) is -3.79. The zero-order chi connectivity index (χ0) is 19.0. The molecule has 0 saturated heterocycles. The average molecular weight is 385 g/mol. The molecule has 0 bridgehead atoms. The Labute approximate surface area is 159 Å². The number of aromatic nitrogens is 3. The molecule has 1 aliphatic carbocycles. The van der Waals surface area contributed by atoms with Crippen LogP contribution in [0, 0.1) is 6.92 Å². The van der Waals surface area contributed by atoms with Crippen LogP contribution in [0.2, 0.25) is 0 Å². The maximum absolute atomic E-state index is 13.4. The second-order valence-electron chi connectivity index (χ2n) is 7.27. The van der Waals surface area contributed by atoms with Crippen LogP contribution in [0.3, 0.4) is 0 Å². The number of sulfone groups is 1. The van der Waals surface area contributed by atoms with Gasteiger partial charge in [-0.25, -0.2) is 18.4 Å². The van der Waals surface area contributed by atoms with Crippen molar-refractivity contribution in [2.75, 3.05) is 5.73 Å². The number of nitrogen functional groups attached to an aromatic ring is 1. The Hall–Kier alpha value is -2.41. The first-order valence-corrected chi connectivity index (χ1v) is 10.9. The summed E-state index contributed by atoms with van der Waals surface area (Å²) >= 11 is 0. The van der Waals surface area contributed by atoms with E-state index in [1.807, 2.05) is 11.5 Å². The number of nitrogens with zero attached hydrogens (tertiary/aromatic N) is 3. The van der Waals surface area contributed by atoms with Gasteiger partial charge < -0.3 is 10.3 Å².